The lowest BCUT2D eigenvalue weighted by Gasteiger charge is -2.34. The Morgan fingerprint density at radius 2 is 1.67 bits per heavy atom. The number of aryl methyl sites for hydroxylation is 1. The van der Waals surface area contributed by atoms with Gasteiger partial charge >= 0.3 is 0 Å². The average Bonchev–Trinajstić information content (AvgIpc) is 2.85. The molecule has 1 amide bonds. The van der Waals surface area contributed by atoms with Crippen LogP contribution in [0.2, 0.25) is 0 Å². The number of hydrogen-bond acceptors (Lipinski definition) is 4. The van der Waals surface area contributed by atoms with Crippen LogP contribution in [-0.4, -0.2) is 51.1 Å². The van der Waals surface area contributed by atoms with Gasteiger partial charge in [0.1, 0.15) is 5.75 Å². The molecule has 1 fully saturated rings. The lowest BCUT2D eigenvalue weighted by atomic mass is 9.99. The molecule has 172 valence electrons. The number of ether oxygens (including phenoxy) is 1. The van der Waals surface area contributed by atoms with Gasteiger partial charge in [0.15, 0.2) is 0 Å². The van der Waals surface area contributed by atoms with Crippen LogP contribution in [0.5, 0.6) is 5.75 Å². The number of carbonyl (C=O) groups is 1. The third-order valence-electron chi connectivity index (χ3n) is 6.49. The Bertz CT molecular complexity index is 1100. The van der Waals surface area contributed by atoms with Gasteiger partial charge in [0.05, 0.1) is 13.2 Å². The highest BCUT2D eigenvalue weighted by Gasteiger charge is 2.18. The van der Waals surface area contributed by atoms with E-state index in [0.717, 1.165) is 65.4 Å². The predicted molar refractivity (Wildman–Crippen MR) is 135 cm³/mol. The van der Waals surface area contributed by atoms with Crippen molar-refractivity contribution in [3.63, 3.8) is 0 Å². The summed E-state index contributed by atoms with van der Waals surface area (Å²) in [6, 6.07) is 22.5. The first-order valence-electron chi connectivity index (χ1n) is 11.5. The van der Waals surface area contributed by atoms with Gasteiger partial charge in [0, 0.05) is 37.4 Å². The fourth-order valence-electron chi connectivity index (χ4n) is 4.24. The predicted octanol–water partition coefficient (Wildman–Crippen LogP) is 4.91. The van der Waals surface area contributed by atoms with E-state index in [0.29, 0.717) is 0 Å². The Balaban J connectivity index is 1.49. The van der Waals surface area contributed by atoms with Gasteiger partial charge in [-0.25, -0.2) is 0 Å². The fraction of sp³-hybridized carbons (Fsp3) is 0.321. The van der Waals surface area contributed by atoms with Crippen LogP contribution in [0.3, 0.4) is 0 Å². The zero-order chi connectivity index (χ0) is 23.4. The molecule has 3 aromatic carbocycles. The van der Waals surface area contributed by atoms with Crippen molar-refractivity contribution in [2.75, 3.05) is 45.2 Å². The molecule has 0 bridgehead atoms. The molecule has 1 saturated heterocycles. The molecule has 0 saturated carbocycles. The number of carbonyl (C=O) groups excluding carboxylic acids is 1. The molecule has 1 heterocycles. The van der Waals surface area contributed by atoms with Gasteiger partial charge < -0.3 is 19.9 Å². The van der Waals surface area contributed by atoms with E-state index in [1.54, 1.807) is 7.11 Å². The molecule has 0 spiro atoms. The van der Waals surface area contributed by atoms with Crippen LogP contribution in [0.4, 0.5) is 5.69 Å². The van der Waals surface area contributed by atoms with E-state index in [9.17, 15) is 4.79 Å². The molecule has 0 unspecified atom stereocenters. The third kappa shape index (κ3) is 5.37. The quantitative estimate of drug-likeness (QED) is 0.588. The first-order chi connectivity index (χ1) is 15.9. The van der Waals surface area contributed by atoms with Crippen LogP contribution in [0.1, 0.15) is 34.5 Å². The summed E-state index contributed by atoms with van der Waals surface area (Å²) < 4.78 is 5.26. The third-order valence-corrected chi connectivity index (χ3v) is 6.49. The summed E-state index contributed by atoms with van der Waals surface area (Å²) in [5.41, 5.74) is 6.16. The van der Waals surface area contributed by atoms with Crippen LogP contribution < -0.4 is 15.0 Å². The van der Waals surface area contributed by atoms with Crippen LogP contribution in [0.25, 0.3) is 11.1 Å². The van der Waals surface area contributed by atoms with Crippen LogP contribution in [-0.2, 0) is 0 Å². The molecule has 3 aromatic rings. The topological polar surface area (TPSA) is 44.8 Å². The maximum Gasteiger partial charge on any atom is 0.252 e. The Labute approximate surface area is 197 Å². The molecule has 0 aromatic heterocycles. The zero-order valence-electron chi connectivity index (χ0n) is 20.0. The van der Waals surface area contributed by atoms with E-state index in [1.165, 1.54) is 0 Å². The summed E-state index contributed by atoms with van der Waals surface area (Å²) in [4.78, 5) is 17.9. The summed E-state index contributed by atoms with van der Waals surface area (Å²) in [5.74, 6) is 0.801. The van der Waals surface area contributed by atoms with Crippen molar-refractivity contribution in [2.45, 2.75) is 19.9 Å². The van der Waals surface area contributed by atoms with E-state index >= 15 is 0 Å². The Morgan fingerprint density at radius 1 is 0.939 bits per heavy atom. The minimum Gasteiger partial charge on any atom is -0.497 e. The molecular weight excluding hydrogens is 410 g/mol. The smallest absolute Gasteiger partial charge is 0.252 e. The van der Waals surface area contributed by atoms with Crippen LogP contribution in [0.15, 0.2) is 66.7 Å². The van der Waals surface area contributed by atoms with Crippen molar-refractivity contribution in [2.24, 2.45) is 0 Å². The lowest BCUT2D eigenvalue weighted by Crippen LogP contribution is -2.44. The van der Waals surface area contributed by atoms with Gasteiger partial charge in [-0.2, -0.15) is 0 Å². The molecule has 0 radical (unpaired) electrons. The Morgan fingerprint density at radius 3 is 2.36 bits per heavy atom. The van der Waals surface area contributed by atoms with Crippen molar-refractivity contribution in [3.8, 4) is 16.9 Å². The number of amides is 1. The minimum absolute atomic E-state index is 0.0363. The second-order valence-electron chi connectivity index (χ2n) is 8.84. The molecule has 5 heteroatoms. The van der Waals surface area contributed by atoms with Crippen molar-refractivity contribution in [1.82, 2.24) is 10.2 Å². The molecule has 0 aliphatic carbocycles. The van der Waals surface area contributed by atoms with Gasteiger partial charge in [0.2, 0.25) is 0 Å². The fourth-order valence-corrected chi connectivity index (χ4v) is 4.24. The van der Waals surface area contributed by atoms with E-state index < -0.39 is 0 Å². The molecule has 1 atom stereocenters. The van der Waals surface area contributed by atoms with Crippen molar-refractivity contribution in [1.29, 1.82) is 0 Å². The lowest BCUT2D eigenvalue weighted by molar-refractivity contribution is 0.0939. The van der Waals surface area contributed by atoms with Gasteiger partial charge in [-0.1, -0.05) is 36.4 Å². The molecule has 1 aliphatic rings. The van der Waals surface area contributed by atoms with E-state index in [4.69, 9.17) is 4.74 Å². The maximum absolute atomic E-state index is 13.2. The minimum atomic E-state index is -0.109. The number of likely N-dealkylation sites (N-methyl/N-ethyl adjacent to an activating group) is 1. The number of rotatable bonds is 6. The largest absolute Gasteiger partial charge is 0.497 e. The summed E-state index contributed by atoms with van der Waals surface area (Å²) in [7, 11) is 3.82. The number of methoxy groups -OCH3 is 1. The summed E-state index contributed by atoms with van der Waals surface area (Å²) in [5, 5.41) is 3.20. The van der Waals surface area contributed by atoms with E-state index in [1.807, 2.05) is 38.1 Å². The number of benzene rings is 3. The van der Waals surface area contributed by atoms with Crippen LogP contribution >= 0.6 is 0 Å². The van der Waals surface area contributed by atoms with Crippen molar-refractivity contribution >= 4 is 11.6 Å². The standard InChI is InChI=1S/C28H33N3O2/c1-20-8-11-25(31-16-14-30(3)15-17-31)19-27(20)28(32)29-21(2)23-6-5-7-24(18-23)22-9-12-26(33-4)13-10-22/h5-13,18-19,21H,14-17H2,1-4H3,(H,29,32)/t21-/m1/s1. The number of hydrogen-bond donors (Lipinski definition) is 1. The summed E-state index contributed by atoms with van der Waals surface area (Å²) >= 11 is 0. The molecule has 5 nitrogen and oxygen atoms in total. The van der Waals surface area contributed by atoms with Gasteiger partial charge in [-0.05, 0) is 73.5 Å². The first kappa shape index (κ1) is 22.9. The van der Waals surface area contributed by atoms with Gasteiger partial charge in [-0.3, -0.25) is 4.79 Å². The van der Waals surface area contributed by atoms with Gasteiger partial charge in [0.25, 0.3) is 5.91 Å². The Hall–Kier alpha value is -3.31. The SMILES string of the molecule is COc1ccc(-c2cccc([C@@H](C)NC(=O)c3cc(N4CCN(C)CC4)ccc3C)c2)cc1. The highest BCUT2D eigenvalue weighted by atomic mass is 16.5. The van der Waals surface area contributed by atoms with Crippen molar-refractivity contribution in [3.05, 3.63) is 83.4 Å². The second-order valence-corrected chi connectivity index (χ2v) is 8.84. The van der Waals surface area contributed by atoms with Crippen molar-refractivity contribution < 1.29 is 9.53 Å². The highest BCUT2D eigenvalue weighted by molar-refractivity contribution is 5.96. The molecule has 1 N–H and O–H groups in total. The molecule has 33 heavy (non-hydrogen) atoms. The zero-order valence-corrected chi connectivity index (χ0v) is 20.0. The number of piperazine rings is 1. The molecular formula is C28H33N3O2. The monoisotopic (exact) mass is 443 g/mol. The molecule has 4 rings (SSSR count). The highest BCUT2D eigenvalue weighted by Crippen LogP contribution is 2.26. The normalized spacial score (nSPS) is 15.2. The van der Waals surface area contributed by atoms with E-state index in [-0.39, 0.29) is 11.9 Å². The van der Waals surface area contributed by atoms with Crippen LogP contribution in [0, 0.1) is 6.92 Å². The summed E-state index contributed by atoms with van der Waals surface area (Å²) in [6.07, 6.45) is 0. The number of nitrogens with one attached hydrogen (secondary N) is 1. The van der Waals surface area contributed by atoms with Gasteiger partial charge in [-0.15, -0.1) is 0 Å². The average molecular weight is 444 g/mol. The van der Waals surface area contributed by atoms with E-state index in [2.05, 4.69) is 64.6 Å². The maximum atomic E-state index is 13.2. The Kier molecular flexibility index (Phi) is 6.99. The molecule has 1 aliphatic heterocycles. The number of nitrogens with zero attached hydrogens (tertiary/aromatic N) is 2. The number of anilines is 1. The second kappa shape index (κ2) is 10.1. The first-order valence-corrected chi connectivity index (χ1v) is 11.5. The summed E-state index contributed by atoms with van der Waals surface area (Å²) in [6.45, 7) is 8.07.